The number of nitrogens with one attached hydrogen (secondary N) is 1. The van der Waals surface area contributed by atoms with E-state index in [1.54, 1.807) is 13.1 Å². The predicted octanol–water partition coefficient (Wildman–Crippen LogP) is 2.38. The molecule has 26 heavy (non-hydrogen) atoms. The normalized spacial score (nSPS) is 11.5. The van der Waals surface area contributed by atoms with Crippen LogP contribution in [0.15, 0.2) is 53.6 Å². The lowest BCUT2D eigenvalue weighted by molar-refractivity contribution is -0.123. The third kappa shape index (κ3) is 20.1. The number of sulfone groups is 1. The highest BCUT2D eigenvalue weighted by Gasteiger charge is 2.06. The van der Waals surface area contributed by atoms with Gasteiger partial charge in [0.1, 0.15) is 10.8 Å². The van der Waals surface area contributed by atoms with Gasteiger partial charge in [0.05, 0.1) is 0 Å². The van der Waals surface area contributed by atoms with Gasteiger partial charge in [-0.25, -0.2) is 13.4 Å². The van der Waals surface area contributed by atoms with E-state index in [1.165, 1.54) is 22.9 Å². The molecule has 7 nitrogen and oxygen atoms in total. The van der Waals surface area contributed by atoms with Crippen molar-refractivity contribution in [1.29, 1.82) is 0 Å². The van der Waals surface area contributed by atoms with Gasteiger partial charge in [-0.2, -0.15) is 0 Å². The summed E-state index contributed by atoms with van der Waals surface area (Å²) in [5.74, 6) is -0.403. The lowest BCUT2D eigenvalue weighted by atomic mass is 10.4. The van der Waals surface area contributed by atoms with E-state index in [2.05, 4.69) is 23.2 Å². The van der Waals surface area contributed by atoms with E-state index < -0.39 is 9.84 Å². The molecule has 0 radical (unpaired) electrons. The number of Topliss-reactive ketones (excluding diaryl/α,β-unsaturated/α-hetero) is 1. The number of carbonyl (C=O) groups excluding carboxylic acids is 3. The van der Waals surface area contributed by atoms with Gasteiger partial charge in [0.2, 0.25) is 0 Å². The minimum absolute atomic E-state index is 0.255. The summed E-state index contributed by atoms with van der Waals surface area (Å²) in [6.07, 6.45) is 5.91. The first-order valence-electron chi connectivity index (χ1n) is 7.13. The van der Waals surface area contributed by atoms with Crippen molar-refractivity contribution in [3.63, 3.8) is 0 Å². The van der Waals surface area contributed by atoms with Crippen LogP contribution < -0.4 is 5.32 Å². The van der Waals surface area contributed by atoms with Gasteiger partial charge in [-0.05, 0) is 29.9 Å². The van der Waals surface area contributed by atoms with Gasteiger partial charge in [-0.1, -0.05) is 19.6 Å². The highest BCUT2D eigenvalue weighted by Crippen LogP contribution is 2.16. The van der Waals surface area contributed by atoms with Crippen molar-refractivity contribution in [2.75, 3.05) is 6.26 Å². The number of aromatic nitrogens is 1. The molecule has 10 heteroatoms. The predicted molar refractivity (Wildman–Crippen MR) is 107 cm³/mol. The summed E-state index contributed by atoms with van der Waals surface area (Å²) in [7, 11) is -1.55. The Morgan fingerprint density at radius 1 is 1.31 bits per heavy atom. The number of pyridine rings is 1. The Hall–Kier alpha value is -1.91. The Morgan fingerprint density at radius 2 is 1.77 bits per heavy atom. The van der Waals surface area contributed by atoms with E-state index in [1.807, 2.05) is 30.4 Å². The Kier molecular flexibility index (Phi) is 15.5. The molecule has 2 heterocycles. The van der Waals surface area contributed by atoms with Crippen molar-refractivity contribution in [3.05, 3.63) is 48.5 Å². The van der Waals surface area contributed by atoms with Crippen molar-refractivity contribution in [1.82, 2.24) is 10.3 Å². The van der Waals surface area contributed by atoms with E-state index in [-0.39, 0.29) is 17.6 Å². The molecule has 144 valence electrons. The van der Waals surface area contributed by atoms with Crippen LogP contribution in [0.4, 0.5) is 0 Å². The number of thiol groups is 1. The fraction of sp³-hybridized carbons (Fsp3) is 0.250. The third-order valence-electron chi connectivity index (χ3n) is 2.16. The van der Waals surface area contributed by atoms with E-state index in [0.29, 0.717) is 6.42 Å². The van der Waals surface area contributed by atoms with Crippen LogP contribution in [-0.4, -0.2) is 37.3 Å². The maximum absolute atomic E-state index is 10.0. The fourth-order valence-electron chi connectivity index (χ4n) is 0.757. The van der Waals surface area contributed by atoms with Gasteiger partial charge in [0.25, 0.3) is 11.8 Å². The molecule has 0 spiro atoms. The van der Waals surface area contributed by atoms with E-state index in [0.717, 1.165) is 16.7 Å². The zero-order chi connectivity index (χ0) is 20.6. The van der Waals surface area contributed by atoms with Gasteiger partial charge in [0, 0.05) is 36.4 Å². The van der Waals surface area contributed by atoms with Crippen LogP contribution >= 0.6 is 22.5 Å². The molecule has 2 amide bonds. The van der Waals surface area contributed by atoms with Crippen LogP contribution in [0, 0.1) is 0 Å². The molecule has 0 unspecified atom stereocenters. The number of carbonyl (C=O) groups is 3. The first kappa shape index (κ1) is 26.3. The largest absolute Gasteiger partial charge is 0.300 e. The maximum atomic E-state index is 10.0. The van der Waals surface area contributed by atoms with Crippen molar-refractivity contribution < 1.29 is 22.8 Å². The first-order chi connectivity index (χ1) is 12.1. The molecule has 1 aliphatic heterocycles. The summed E-state index contributed by atoms with van der Waals surface area (Å²) < 4.78 is 19.8. The van der Waals surface area contributed by atoms with Crippen LogP contribution in [0.2, 0.25) is 0 Å². The van der Waals surface area contributed by atoms with Crippen LogP contribution in [0.5, 0.6) is 0 Å². The molecule has 1 aliphatic rings. The molecule has 0 bridgehead atoms. The second-order valence-electron chi connectivity index (χ2n) is 4.50. The minimum Gasteiger partial charge on any atom is -0.300 e. The quantitative estimate of drug-likeness (QED) is 0.440. The maximum Gasteiger partial charge on any atom is 0.250 e. The number of hydrogen-bond acceptors (Lipinski definition) is 8. The summed E-state index contributed by atoms with van der Waals surface area (Å²) >= 11 is 3.96. The SMILES string of the molecule is C=CS(C)(=O)=O.CCC(C)=O.O=C1C=CC(=O)N1.SSc1ccccn1. The van der Waals surface area contributed by atoms with Gasteiger partial charge < -0.3 is 4.79 Å². The highest BCUT2D eigenvalue weighted by molar-refractivity contribution is 8.68. The van der Waals surface area contributed by atoms with E-state index >= 15 is 0 Å². The third-order valence-corrected chi connectivity index (χ3v) is 3.76. The molecule has 0 atom stereocenters. The van der Waals surface area contributed by atoms with Gasteiger partial charge >= 0.3 is 0 Å². The van der Waals surface area contributed by atoms with Crippen LogP contribution in [0.1, 0.15) is 20.3 Å². The molecular formula is C16H22N2O5S3. The molecule has 0 saturated heterocycles. The van der Waals surface area contributed by atoms with Crippen molar-refractivity contribution >= 4 is 49.9 Å². The molecule has 0 fully saturated rings. The summed E-state index contributed by atoms with van der Waals surface area (Å²) in [5.41, 5.74) is 0. The smallest absolute Gasteiger partial charge is 0.250 e. The Bertz CT molecular complexity index is 689. The van der Waals surface area contributed by atoms with E-state index in [9.17, 15) is 22.8 Å². The van der Waals surface area contributed by atoms with Crippen LogP contribution in [0.3, 0.4) is 0 Å². The molecule has 0 aromatic carbocycles. The topological polar surface area (TPSA) is 110 Å². The average Bonchev–Trinajstić information content (AvgIpc) is 2.99. The molecule has 2 rings (SSSR count). The number of hydrogen-bond donors (Lipinski definition) is 2. The lowest BCUT2D eigenvalue weighted by Crippen LogP contribution is -2.19. The lowest BCUT2D eigenvalue weighted by Gasteiger charge is -1.87. The van der Waals surface area contributed by atoms with E-state index in [4.69, 9.17) is 0 Å². The molecule has 0 saturated carbocycles. The van der Waals surface area contributed by atoms with Gasteiger partial charge in [0.15, 0.2) is 9.84 Å². The second-order valence-corrected chi connectivity index (χ2v) is 7.64. The monoisotopic (exact) mass is 418 g/mol. The summed E-state index contributed by atoms with van der Waals surface area (Å²) in [5, 5.41) is 3.88. The fourth-order valence-corrected chi connectivity index (χ4v) is 1.33. The number of nitrogens with zero attached hydrogens (tertiary/aromatic N) is 1. The molecule has 1 aromatic heterocycles. The van der Waals surface area contributed by atoms with Crippen LogP contribution in [0.25, 0.3) is 0 Å². The van der Waals surface area contributed by atoms with Gasteiger partial charge in [-0.15, -0.1) is 11.7 Å². The van der Waals surface area contributed by atoms with Crippen LogP contribution in [-0.2, 0) is 24.2 Å². The number of ketones is 1. The van der Waals surface area contributed by atoms with Crippen molar-refractivity contribution in [3.8, 4) is 0 Å². The average molecular weight is 419 g/mol. The molecule has 1 aromatic rings. The first-order valence-corrected chi connectivity index (χ1v) is 10.9. The number of imide groups is 1. The van der Waals surface area contributed by atoms with Crippen molar-refractivity contribution in [2.45, 2.75) is 25.3 Å². The molecule has 0 aliphatic carbocycles. The standard InChI is InChI=1S/C5H5NS2.C4H3NO2.C4H8O.C3H6O2S/c7-8-5-3-1-2-4-6-5;6-3-1-2-4(7)5-3;1-3-4(2)5;1-3-6(2,4)5/h1-4,7H;1-2H,(H,5,6,7);3H2,1-2H3;3H,1H2,2H3. The van der Waals surface area contributed by atoms with Gasteiger partial charge in [-0.3, -0.25) is 14.9 Å². The zero-order valence-electron chi connectivity index (χ0n) is 14.7. The summed E-state index contributed by atoms with van der Waals surface area (Å²) in [6, 6.07) is 5.73. The number of amides is 2. The second kappa shape index (κ2) is 15.4. The Labute approximate surface area is 163 Å². The molecular weight excluding hydrogens is 396 g/mol. The summed E-state index contributed by atoms with van der Waals surface area (Å²) in [4.78, 5) is 33.9. The Balaban J connectivity index is 0. The highest BCUT2D eigenvalue weighted by atomic mass is 33.1. The summed E-state index contributed by atoms with van der Waals surface area (Å²) in [6.45, 7) is 6.48. The minimum atomic E-state index is -2.90. The Morgan fingerprint density at radius 3 is 1.92 bits per heavy atom. The van der Waals surface area contributed by atoms with Crippen molar-refractivity contribution in [2.24, 2.45) is 0 Å². The molecule has 1 N–H and O–H groups in total. The zero-order valence-corrected chi connectivity index (χ0v) is 17.2. The number of rotatable bonds is 3.